The summed E-state index contributed by atoms with van der Waals surface area (Å²) in [5.74, 6) is -0.838. The lowest BCUT2D eigenvalue weighted by Crippen LogP contribution is -2.48. The van der Waals surface area contributed by atoms with E-state index in [2.05, 4.69) is 17.7 Å². The first-order valence-corrected chi connectivity index (χ1v) is 9.59. The first kappa shape index (κ1) is 19.6. The summed E-state index contributed by atoms with van der Waals surface area (Å²) in [6.07, 6.45) is 2.08. The van der Waals surface area contributed by atoms with Crippen molar-refractivity contribution < 1.29 is 14.4 Å². The van der Waals surface area contributed by atoms with Crippen LogP contribution in [0.2, 0.25) is 0 Å². The lowest BCUT2D eigenvalue weighted by molar-refractivity contribution is -0.139. The molecule has 2 N–H and O–H groups in total. The number of carbonyl (C=O) groups excluding carboxylic acids is 3. The van der Waals surface area contributed by atoms with E-state index in [-0.39, 0.29) is 12.3 Å². The zero-order valence-corrected chi connectivity index (χ0v) is 16.2. The fraction of sp³-hybridized carbons (Fsp3) is 0.318. The summed E-state index contributed by atoms with van der Waals surface area (Å²) in [7, 11) is 0. The first-order valence-electron chi connectivity index (χ1n) is 9.59. The first-order chi connectivity index (χ1) is 13.5. The Bertz CT molecular complexity index is 864. The number of rotatable bonds is 7. The van der Waals surface area contributed by atoms with Crippen molar-refractivity contribution in [3.63, 3.8) is 0 Å². The summed E-state index contributed by atoms with van der Waals surface area (Å²) in [6.45, 7) is 3.92. The summed E-state index contributed by atoms with van der Waals surface area (Å²) in [5.41, 5.74) is 4.29. The highest BCUT2D eigenvalue weighted by Gasteiger charge is 2.52. The van der Waals surface area contributed by atoms with Gasteiger partial charge in [0.15, 0.2) is 0 Å². The van der Waals surface area contributed by atoms with Crippen molar-refractivity contribution in [3.05, 3.63) is 71.3 Å². The van der Waals surface area contributed by atoms with Crippen LogP contribution in [0.1, 0.15) is 43.4 Å². The van der Waals surface area contributed by atoms with E-state index >= 15 is 0 Å². The summed E-state index contributed by atoms with van der Waals surface area (Å²) >= 11 is 0. The predicted octanol–water partition coefficient (Wildman–Crippen LogP) is 3.07. The molecule has 0 radical (unpaired) electrons. The number of hydrogen-bond acceptors (Lipinski definition) is 3. The highest BCUT2D eigenvalue weighted by molar-refractivity contribution is 6.08. The number of aryl methyl sites for hydroxylation is 2. The molecule has 1 atom stereocenters. The smallest absolute Gasteiger partial charge is 0.318 e. The van der Waals surface area contributed by atoms with E-state index in [0.717, 1.165) is 17.0 Å². The average molecular weight is 379 g/mol. The summed E-state index contributed by atoms with van der Waals surface area (Å²) < 4.78 is 0. The number of nitrogens with zero attached hydrogens (tertiary/aromatic N) is 1. The maximum atomic E-state index is 13.0. The van der Waals surface area contributed by atoms with Gasteiger partial charge in [-0.2, -0.15) is 5.01 Å². The van der Waals surface area contributed by atoms with E-state index < -0.39 is 17.5 Å². The highest BCUT2D eigenvalue weighted by atomic mass is 16.2. The van der Waals surface area contributed by atoms with Crippen LogP contribution in [0.3, 0.4) is 0 Å². The van der Waals surface area contributed by atoms with Crippen molar-refractivity contribution in [1.29, 1.82) is 0 Å². The molecule has 0 spiro atoms. The minimum Gasteiger partial charge on any atom is -0.318 e. The molecular formula is C22H25N3O3. The van der Waals surface area contributed by atoms with Crippen molar-refractivity contribution in [2.45, 2.75) is 45.1 Å². The molecule has 146 valence electrons. The van der Waals surface area contributed by atoms with Crippen LogP contribution in [-0.4, -0.2) is 22.9 Å². The van der Waals surface area contributed by atoms with Crippen molar-refractivity contribution in [1.82, 2.24) is 15.8 Å². The second kappa shape index (κ2) is 8.25. The second-order valence-electron chi connectivity index (χ2n) is 6.90. The van der Waals surface area contributed by atoms with Crippen LogP contribution in [0.25, 0.3) is 0 Å². The van der Waals surface area contributed by atoms with Gasteiger partial charge in [0.2, 0.25) is 5.91 Å². The number of benzene rings is 2. The van der Waals surface area contributed by atoms with E-state index in [9.17, 15) is 14.4 Å². The van der Waals surface area contributed by atoms with Crippen molar-refractivity contribution in [2.24, 2.45) is 0 Å². The number of hydrogen-bond donors (Lipinski definition) is 2. The monoisotopic (exact) mass is 379 g/mol. The normalized spacial score (nSPS) is 18.9. The Labute approximate surface area is 164 Å². The molecule has 1 fully saturated rings. The van der Waals surface area contributed by atoms with Crippen LogP contribution in [0, 0.1) is 0 Å². The molecule has 1 saturated heterocycles. The molecule has 28 heavy (non-hydrogen) atoms. The van der Waals surface area contributed by atoms with Crippen LogP contribution >= 0.6 is 0 Å². The molecule has 6 nitrogen and oxygen atoms in total. The van der Waals surface area contributed by atoms with E-state index in [0.29, 0.717) is 18.4 Å². The van der Waals surface area contributed by atoms with Gasteiger partial charge in [-0.3, -0.25) is 15.0 Å². The molecular weight excluding hydrogens is 354 g/mol. The molecule has 2 aromatic carbocycles. The molecule has 4 amide bonds. The Hall–Kier alpha value is -3.15. The Morgan fingerprint density at radius 2 is 1.64 bits per heavy atom. The van der Waals surface area contributed by atoms with Gasteiger partial charge in [-0.25, -0.2) is 4.79 Å². The van der Waals surface area contributed by atoms with Gasteiger partial charge < -0.3 is 5.32 Å². The van der Waals surface area contributed by atoms with Crippen LogP contribution in [0.4, 0.5) is 4.79 Å². The molecule has 0 aromatic heterocycles. The molecule has 0 bridgehead atoms. The quantitative estimate of drug-likeness (QED) is 0.726. The summed E-state index contributed by atoms with van der Waals surface area (Å²) in [5, 5.41) is 3.55. The lowest BCUT2D eigenvalue weighted by Gasteiger charge is -2.25. The maximum absolute atomic E-state index is 13.0. The van der Waals surface area contributed by atoms with Gasteiger partial charge in [-0.1, -0.05) is 68.4 Å². The molecule has 1 aliphatic rings. The van der Waals surface area contributed by atoms with E-state index in [1.807, 2.05) is 49.4 Å². The van der Waals surface area contributed by atoms with Gasteiger partial charge in [-0.15, -0.1) is 0 Å². The maximum Gasteiger partial charge on any atom is 0.344 e. The highest BCUT2D eigenvalue weighted by Crippen LogP contribution is 2.31. The van der Waals surface area contributed by atoms with Gasteiger partial charge in [0.25, 0.3) is 5.91 Å². The van der Waals surface area contributed by atoms with Crippen molar-refractivity contribution in [2.75, 3.05) is 0 Å². The number of amides is 4. The zero-order chi connectivity index (χ0) is 20.1. The van der Waals surface area contributed by atoms with E-state index in [4.69, 9.17) is 0 Å². The van der Waals surface area contributed by atoms with Gasteiger partial charge in [-0.05, 0) is 36.0 Å². The minimum absolute atomic E-state index is 0.187. The molecule has 2 aromatic rings. The fourth-order valence-corrected chi connectivity index (χ4v) is 3.42. The van der Waals surface area contributed by atoms with Gasteiger partial charge in [0, 0.05) is 6.42 Å². The zero-order valence-electron chi connectivity index (χ0n) is 16.2. The minimum atomic E-state index is -1.15. The third-order valence-corrected chi connectivity index (χ3v) is 5.20. The summed E-state index contributed by atoms with van der Waals surface area (Å²) in [6, 6.07) is 16.5. The summed E-state index contributed by atoms with van der Waals surface area (Å²) in [4.78, 5) is 37.7. The van der Waals surface area contributed by atoms with Crippen molar-refractivity contribution >= 4 is 17.8 Å². The number of hydrazine groups is 1. The Morgan fingerprint density at radius 1 is 1.00 bits per heavy atom. The Balaban J connectivity index is 1.65. The van der Waals surface area contributed by atoms with E-state index in [1.165, 1.54) is 5.56 Å². The third-order valence-electron chi connectivity index (χ3n) is 5.20. The van der Waals surface area contributed by atoms with Crippen LogP contribution in [0.5, 0.6) is 0 Å². The number of nitrogens with one attached hydrogen (secondary N) is 2. The molecule has 3 rings (SSSR count). The second-order valence-corrected chi connectivity index (χ2v) is 6.90. The molecule has 6 heteroatoms. The van der Waals surface area contributed by atoms with Crippen LogP contribution < -0.4 is 10.7 Å². The Kier molecular flexibility index (Phi) is 5.78. The standard InChI is InChI=1S/C22H25N3O3/c1-3-16-10-12-17(13-11-16)14-15-19(26)24-25-20(27)22(4-2,23-21(25)28)18-8-6-5-7-9-18/h5-13H,3-4,14-15H2,1-2H3,(H,23,28)(H,24,26)/t22-/m0/s1. The molecule has 0 unspecified atom stereocenters. The fourth-order valence-electron chi connectivity index (χ4n) is 3.42. The SMILES string of the molecule is CCc1ccc(CCC(=O)NN2C(=O)N[C@@](CC)(c3ccccc3)C2=O)cc1. The molecule has 1 aliphatic heterocycles. The van der Waals surface area contributed by atoms with Crippen LogP contribution in [0.15, 0.2) is 54.6 Å². The predicted molar refractivity (Wildman–Crippen MR) is 106 cm³/mol. The molecule has 0 aliphatic carbocycles. The number of urea groups is 1. The number of imide groups is 1. The van der Waals surface area contributed by atoms with Crippen molar-refractivity contribution in [3.8, 4) is 0 Å². The molecule has 0 saturated carbocycles. The Morgan fingerprint density at radius 3 is 2.25 bits per heavy atom. The third kappa shape index (κ3) is 3.76. The number of carbonyl (C=O) groups is 3. The largest absolute Gasteiger partial charge is 0.344 e. The molecule has 1 heterocycles. The van der Waals surface area contributed by atoms with Crippen LogP contribution in [-0.2, 0) is 28.0 Å². The van der Waals surface area contributed by atoms with Gasteiger partial charge >= 0.3 is 6.03 Å². The van der Waals surface area contributed by atoms with E-state index in [1.54, 1.807) is 12.1 Å². The topological polar surface area (TPSA) is 78.5 Å². The lowest BCUT2D eigenvalue weighted by atomic mass is 9.87. The van der Waals surface area contributed by atoms with Gasteiger partial charge in [0.05, 0.1) is 0 Å². The average Bonchev–Trinajstić information content (AvgIpc) is 2.98. The van der Waals surface area contributed by atoms with Gasteiger partial charge in [0.1, 0.15) is 5.54 Å².